The molecule has 0 saturated carbocycles. The highest BCUT2D eigenvalue weighted by molar-refractivity contribution is 5.86. The fourth-order valence-corrected chi connectivity index (χ4v) is 2.08. The standard InChI is InChI=1S/C16H21N3O3/c1-10(2)9-22-16-12(4-5-13(19-20)15(16)17)11-6-7-18-8-14(11)21-3/h4-8,10,19-20H,9,17H2,1-3H3. The van der Waals surface area contributed by atoms with Crippen molar-refractivity contribution in [1.29, 1.82) is 0 Å². The van der Waals surface area contributed by atoms with Gasteiger partial charge in [0.15, 0.2) is 5.75 Å². The lowest BCUT2D eigenvalue weighted by molar-refractivity contribution is 0.273. The van der Waals surface area contributed by atoms with Crippen LogP contribution in [0.1, 0.15) is 13.8 Å². The lowest BCUT2D eigenvalue weighted by Gasteiger charge is -2.18. The number of pyridine rings is 1. The largest absolute Gasteiger partial charge is 0.494 e. The topological polar surface area (TPSA) is 89.6 Å². The first-order valence-corrected chi connectivity index (χ1v) is 7.02. The van der Waals surface area contributed by atoms with Crippen molar-refractivity contribution >= 4 is 11.4 Å². The summed E-state index contributed by atoms with van der Waals surface area (Å²) in [7, 11) is 1.59. The number of benzene rings is 1. The summed E-state index contributed by atoms with van der Waals surface area (Å²) in [5, 5.41) is 9.16. The number of methoxy groups -OCH3 is 1. The molecule has 2 rings (SSSR count). The van der Waals surface area contributed by atoms with Crippen LogP contribution < -0.4 is 20.7 Å². The van der Waals surface area contributed by atoms with Crippen LogP contribution in [0.15, 0.2) is 30.6 Å². The Balaban J connectivity index is 2.56. The van der Waals surface area contributed by atoms with E-state index in [9.17, 15) is 0 Å². The Kier molecular flexibility index (Phi) is 5.06. The minimum Gasteiger partial charge on any atom is -0.494 e. The molecule has 1 aromatic heterocycles. The van der Waals surface area contributed by atoms with Gasteiger partial charge in [-0.3, -0.25) is 15.7 Å². The van der Waals surface area contributed by atoms with Crippen LogP contribution in [0.2, 0.25) is 0 Å². The lowest BCUT2D eigenvalue weighted by atomic mass is 10.0. The van der Waals surface area contributed by atoms with E-state index in [1.165, 1.54) is 0 Å². The maximum absolute atomic E-state index is 9.16. The van der Waals surface area contributed by atoms with E-state index in [0.29, 0.717) is 35.4 Å². The summed E-state index contributed by atoms with van der Waals surface area (Å²) in [6, 6.07) is 5.34. The molecule has 2 aromatic rings. The molecule has 0 aliphatic carbocycles. The van der Waals surface area contributed by atoms with Crippen molar-refractivity contribution in [3.8, 4) is 22.6 Å². The van der Waals surface area contributed by atoms with Crippen LogP contribution >= 0.6 is 0 Å². The second kappa shape index (κ2) is 7.00. The molecule has 0 spiro atoms. The molecule has 4 N–H and O–H groups in total. The number of nitrogens with one attached hydrogen (secondary N) is 1. The zero-order chi connectivity index (χ0) is 16.1. The van der Waals surface area contributed by atoms with Gasteiger partial charge in [-0.25, -0.2) is 0 Å². The van der Waals surface area contributed by atoms with Crippen LogP contribution in [0.25, 0.3) is 11.1 Å². The second-order valence-corrected chi connectivity index (χ2v) is 5.30. The number of aromatic nitrogens is 1. The molecule has 1 aromatic carbocycles. The normalized spacial score (nSPS) is 10.6. The van der Waals surface area contributed by atoms with Crippen molar-refractivity contribution in [2.45, 2.75) is 13.8 Å². The van der Waals surface area contributed by atoms with E-state index in [0.717, 1.165) is 11.1 Å². The van der Waals surface area contributed by atoms with Crippen LogP contribution in [-0.4, -0.2) is 23.9 Å². The molecule has 6 nitrogen and oxygen atoms in total. The SMILES string of the molecule is COc1cnccc1-c1ccc(NO)c(N)c1OCC(C)C. The highest BCUT2D eigenvalue weighted by Crippen LogP contribution is 2.42. The number of nitrogens with two attached hydrogens (primary N) is 1. The monoisotopic (exact) mass is 303 g/mol. The van der Waals surface area contributed by atoms with Gasteiger partial charge in [0.25, 0.3) is 0 Å². The third-order valence-electron chi connectivity index (χ3n) is 3.17. The van der Waals surface area contributed by atoms with E-state index in [1.54, 1.807) is 25.6 Å². The summed E-state index contributed by atoms with van der Waals surface area (Å²) < 4.78 is 11.2. The van der Waals surface area contributed by atoms with E-state index in [4.69, 9.17) is 20.4 Å². The van der Waals surface area contributed by atoms with Crippen LogP contribution in [0, 0.1) is 5.92 Å². The molecule has 0 amide bonds. The Bertz CT molecular complexity index is 645. The molecule has 0 saturated heterocycles. The predicted octanol–water partition coefficient (Wildman–Crippen LogP) is 3.18. The minimum atomic E-state index is 0.345. The first kappa shape index (κ1) is 15.9. The molecule has 0 fully saturated rings. The maximum atomic E-state index is 9.16. The van der Waals surface area contributed by atoms with Gasteiger partial charge in [0.1, 0.15) is 11.4 Å². The summed E-state index contributed by atoms with van der Waals surface area (Å²) in [6.07, 6.45) is 3.31. The summed E-state index contributed by atoms with van der Waals surface area (Å²) in [5.74, 6) is 1.48. The number of anilines is 2. The zero-order valence-corrected chi connectivity index (χ0v) is 13.0. The van der Waals surface area contributed by atoms with Crippen molar-refractivity contribution in [3.05, 3.63) is 30.6 Å². The van der Waals surface area contributed by atoms with Gasteiger partial charge in [0.05, 0.1) is 25.6 Å². The summed E-state index contributed by atoms with van der Waals surface area (Å²) >= 11 is 0. The quantitative estimate of drug-likeness (QED) is 0.561. The fraction of sp³-hybridized carbons (Fsp3) is 0.312. The van der Waals surface area contributed by atoms with Crippen molar-refractivity contribution in [2.24, 2.45) is 5.92 Å². The smallest absolute Gasteiger partial charge is 0.152 e. The number of nitrogen functional groups attached to an aromatic ring is 1. The minimum absolute atomic E-state index is 0.345. The lowest BCUT2D eigenvalue weighted by Crippen LogP contribution is -2.09. The van der Waals surface area contributed by atoms with Crippen molar-refractivity contribution in [1.82, 2.24) is 4.98 Å². The third-order valence-corrected chi connectivity index (χ3v) is 3.17. The molecule has 118 valence electrons. The highest BCUT2D eigenvalue weighted by Gasteiger charge is 2.17. The summed E-state index contributed by atoms with van der Waals surface area (Å²) in [5.41, 5.74) is 10.5. The van der Waals surface area contributed by atoms with E-state index in [1.807, 2.05) is 12.1 Å². The van der Waals surface area contributed by atoms with Gasteiger partial charge in [-0.2, -0.15) is 0 Å². The average Bonchev–Trinajstić information content (AvgIpc) is 2.53. The molecule has 6 heteroatoms. The van der Waals surface area contributed by atoms with Crippen LogP contribution in [-0.2, 0) is 0 Å². The van der Waals surface area contributed by atoms with Crippen LogP contribution in [0.5, 0.6) is 11.5 Å². The molecule has 0 atom stereocenters. The van der Waals surface area contributed by atoms with E-state index < -0.39 is 0 Å². The van der Waals surface area contributed by atoms with Gasteiger partial charge in [-0.05, 0) is 24.1 Å². The van der Waals surface area contributed by atoms with Crippen LogP contribution in [0.3, 0.4) is 0 Å². The molecule has 1 heterocycles. The van der Waals surface area contributed by atoms with Gasteiger partial charge in [-0.15, -0.1) is 0 Å². The van der Waals surface area contributed by atoms with E-state index in [2.05, 4.69) is 24.3 Å². The Morgan fingerprint density at radius 2 is 2.05 bits per heavy atom. The Hall–Kier alpha value is -2.47. The van der Waals surface area contributed by atoms with E-state index in [-0.39, 0.29) is 0 Å². The second-order valence-electron chi connectivity index (χ2n) is 5.30. The number of hydrogen-bond acceptors (Lipinski definition) is 6. The molecular formula is C16H21N3O3. The first-order chi connectivity index (χ1) is 10.6. The molecule has 22 heavy (non-hydrogen) atoms. The maximum Gasteiger partial charge on any atom is 0.152 e. The van der Waals surface area contributed by atoms with Crippen LogP contribution in [0.4, 0.5) is 11.4 Å². The summed E-state index contributed by atoms with van der Waals surface area (Å²) in [4.78, 5) is 4.05. The highest BCUT2D eigenvalue weighted by atomic mass is 16.5. The first-order valence-electron chi connectivity index (χ1n) is 7.02. The molecular weight excluding hydrogens is 282 g/mol. The Labute approximate surface area is 129 Å². The average molecular weight is 303 g/mol. The Morgan fingerprint density at radius 3 is 2.68 bits per heavy atom. The Morgan fingerprint density at radius 1 is 1.27 bits per heavy atom. The fourth-order valence-electron chi connectivity index (χ4n) is 2.08. The van der Waals surface area contributed by atoms with Crippen molar-refractivity contribution in [2.75, 3.05) is 24.9 Å². The van der Waals surface area contributed by atoms with Crippen molar-refractivity contribution in [3.63, 3.8) is 0 Å². The number of nitrogens with zero attached hydrogens (tertiary/aromatic N) is 1. The third kappa shape index (κ3) is 3.23. The van der Waals surface area contributed by atoms with Gasteiger partial charge < -0.3 is 15.2 Å². The van der Waals surface area contributed by atoms with Gasteiger partial charge in [0, 0.05) is 17.3 Å². The van der Waals surface area contributed by atoms with Gasteiger partial charge in [0.2, 0.25) is 0 Å². The van der Waals surface area contributed by atoms with E-state index >= 15 is 0 Å². The molecule has 0 radical (unpaired) electrons. The molecule has 0 bridgehead atoms. The number of ether oxygens (including phenoxy) is 2. The van der Waals surface area contributed by atoms with Crippen molar-refractivity contribution < 1.29 is 14.7 Å². The zero-order valence-electron chi connectivity index (χ0n) is 13.0. The molecule has 0 aliphatic rings. The summed E-state index contributed by atoms with van der Waals surface area (Å²) in [6.45, 7) is 4.62. The van der Waals surface area contributed by atoms with Gasteiger partial charge >= 0.3 is 0 Å². The van der Waals surface area contributed by atoms with Gasteiger partial charge in [-0.1, -0.05) is 13.8 Å². The molecule has 0 aliphatic heterocycles. The molecule has 0 unspecified atom stereocenters. The predicted molar refractivity (Wildman–Crippen MR) is 86.4 cm³/mol. The number of rotatable bonds is 6. The number of hydrogen-bond donors (Lipinski definition) is 3.